The number of ether oxygens (including phenoxy) is 1. The summed E-state index contributed by atoms with van der Waals surface area (Å²) in [7, 11) is 0. The quantitative estimate of drug-likeness (QED) is 0.847. The van der Waals surface area contributed by atoms with E-state index in [-0.39, 0.29) is 23.7 Å². The first-order chi connectivity index (χ1) is 12.7. The molecule has 1 aliphatic carbocycles. The number of hydrogen-bond acceptors (Lipinski definition) is 5. The Morgan fingerprint density at radius 3 is 2.88 bits per heavy atom. The van der Waals surface area contributed by atoms with E-state index in [4.69, 9.17) is 9.57 Å². The molecule has 6 heteroatoms. The van der Waals surface area contributed by atoms with Crippen molar-refractivity contribution >= 4 is 11.6 Å². The summed E-state index contributed by atoms with van der Waals surface area (Å²) in [6.07, 6.45) is 5.49. The molecule has 2 aliphatic heterocycles. The monoisotopic (exact) mass is 357 g/mol. The number of nitrogens with zero attached hydrogens (tertiary/aromatic N) is 1. The molecular weight excluding hydrogens is 330 g/mol. The normalized spacial score (nSPS) is 27.2. The van der Waals surface area contributed by atoms with Crippen molar-refractivity contribution in [3.05, 3.63) is 35.9 Å². The van der Waals surface area contributed by atoms with Crippen LogP contribution in [0.5, 0.6) is 0 Å². The summed E-state index contributed by atoms with van der Waals surface area (Å²) >= 11 is 0. The third-order valence-corrected chi connectivity index (χ3v) is 5.69. The van der Waals surface area contributed by atoms with Gasteiger partial charge in [-0.15, -0.1) is 0 Å². The Balaban J connectivity index is 1.29. The standard InChI is InChI=1S/C20H27N3O3/c24-19(17-13-20(26-23-17)9-11-21-12-10-20)22-16-7-4-8-18(16)25-14-15-5-2-1-3-6-15/h1-3,5-6,16,18,21H,4,7-14H2,(H,22,24)/t16-,18?/m1/s1. The fourth-order valence-corrected chi connectivity index (χ4v) is 4.11. The molecule has 6 nitrogen and oxygen atoms in total. The zero-order valence-corrected chi connectivity index (χ0v) is 15.1. The highest BCUT2D eigenvalue weighted by atomic mass is 16.7. The molecule has 2 atom stereocenters. The van der Waals surface area contributed by atoms with Crippen LogP contribution in [0.3, 0.4) is 0 Å². The molecule has 3 aliphatic rings. The average molecular weight is 357 g/mol. The summed E-state index contributed by atoms with van der Waals surface area (Å²) in [6.45, 7) is 2.42. The molecule has 2 fully saturated rings. The van der Waals surface area contributed by atoms with Crippen molar-refractivity contribution < 1.29 is 14.4 Å². The number of carbonyl (C=O) groups excluding carboxylic acids is 1. The molecule has 1 unspecified atom stereocenters. The molecule has 1 saturated carbocycles. The number of rotatable bonds is 5. The minimum Gasteiger partial charge on any atom is -0.388 e. The summed E-state index contributed by atoms with van der Waals surface area (Å²) in [5.74, 6) is -0.0966. The SMILES string of the molecule is O=C(N[C@@H]1CCCC1OCc1ccccc1)C1=NOC2(CCNCC2)C1. The zero-order valence-electron chi connectivity index (χ0n) is 15.1. The van der Waals surface area contributed by atoms with Crippen LogP contribution in [-0.2, 0) is 21.0 Å². The largest absolute Gasteiger partial charge is 0.388 e. The second-order valence-corrected chi connectivity index (χ2v) is 7.58. The maximum Gasteiger partial charge on any atom is 0.269 e. The lowest BCUT2D eigenvalue weighted by Crippen LogP contribution is -2.46. The minimum atomic E-state index is -0.267. The van der Waals surface area contributed by atoms with Gasteiger partial charge in [-0.2, -0.15) is 0 Å². The molecule has 140 valence electrons. The van der Waals surface area contributed by atoms with Crippen molar-refractivity contribution in [2.24, 2.45) is 5.16 Å². The molecule has 1 aromatic carbocycles. The summed E-state index contributed by atoms with van der Waals surface area (Å²) in [5, 5.41) is 10.6. The maximum atomic E-state index is 12.7. The smallest absolute Gasteiger partial charge is 0.269 e. The Morgan fingerprint density at radius 2 is 2.08 bits per heavy atom. The van der Waals surface area contributed by atoms with Crippen LogP contribution in [0.4, 0.5) is 0 Å². The van der Waals surface area contributed by atoms with Gasteiger partial charge in [0, 0.05) is 19.3 Å². The number of amides is 1. The zero-order chi connectivity index (χ0) is 17.8. The van der Waals surface area contributed by atoms with Crippen molar-refractivity contribution in [2.45, 2.75) is 62.9 Å². The van der Waals surface area contributed by atoms with Gasteiger partial charge in [-0.05, 0) is 37.9 Å². The lowest BCUT2D eigenvalue weighted by molar-refractivity contribution is -0.116. The average Bonchev–Trinajstić information content (AvgIpc) is 3.29. The summed E-state index contributed by atoms with van der Waals surface area (Å²) < 4.78 is 6.08. The molecule has 1 amide bonds. The predicted octanol–water partition coefficient (Wildman–Crippen LogP) is 2.14. The summed E-state index contributed by atoms with van der Waals surface area (Å²) in [4.78, 5) is 18.3. The van der Waals surface area contributed by atoms with Gasteiger partial charge in [-0.25, -0.2) is 0 Å². The second-order valence-electron chi connectivity index (χ2n) is 7.58. The van der Waals surface area contributed by atoms with E-state index in [1.807, 2.05) is 18.2 Å². The third kappa shape index (κ3) is 3.91. The topological polar surface area (TPSA) is 72.0 Å². The Kier molecular flexibility index (Phi) is 5.22. The highest BCUT2D eigenvalue weighted by Crippen LogP contribution is 2.32. The Morgan fingerprint density at radius 1 is 1.27 bits per heavy atom. The fourth-order valence-electron chi connectivity index (χ4n) is 4.11. The number of benzene rings is 1. The molecule has 26 heavy (non-hydrogen) atoms. The highest BCUT2D eigenvalue weighted by Gasteiger charge is 2.42. The second kappa shape index (κ2) is 7.76. The molecule has 2 N–H and O–H groups in total. The number of piperidine rings is 1. The lowest BCUT2D eigenvalue weighted by Gasteiger charge is -2.30. The molecule has 1 aromatic rings. The number of carbonyl (C=O) groups is 1. The van der Waals surface area contributed by atoms with Gasteiger partial charge in [0.25, 0.3) is 5.91 Å². The minimum absolute atomic E-state index is 0.0542. The first-order valence-corrected chi connectivity index (χ1v) is 9.66. The molecule has 1 saturated heterocycles. The molecule has 0 aromatic heterocycles. The van der Waals surface area contributed by atoms with E-state index in [9.17, 15) is 4.79 Å². The van der Waals surface area contributed by atoms with Gasteiger partial charge in [0.2, 0.25) is 0 Å². The molecule has 4 rings (SSSR count). The number of hydrogen-bond donors (Lipinski definition) is 2. The third-order valence-electron chi connectivity index (χ3n) is 5.69. The van der Waals surface area contributed by atoms with Gasteiger partial charge in [-0.1, -0.05) is 35.5 Å². The van der Waals surface area contributed by atoms with Gasteiger partial charge in [0.1, 0.15) is 11.3 Å². The van der Waals surface area contributed by atoms with E-state index in [1.54, 1.807) is 0 Å². The van der Waals surface area contributed by atoms with Gasteiger partial charge < -0.3 is 20.2 Å². The molecule has 2 heterocycles. The van der Waals surface area contributed by atoms with Gasteiger partial charge in [0.15, 0.2) is 0 Å². The maximum absolute atomic E-state index is 12.7. The Hall–Kier alpha value is -1.92. The van der Waals surface area contributed by atoms with Crippen molar-refractivity contribution in [2.75, 3.05) is 13.1 Å². The van der Waals surface area contributed by atoms with E-state index < -0.39 is 0 Å². The lowest BCUT2D eigenvalue weighted by atomic mass is 9.87. The van der Waals surface area contributed by atoms with E-state index in [2.05, 4.69) is 27.9 Å². The molecule has 0 radical (unpaired) electrons. The van der Waals surface area contributed by atoms with Gasteiger partial charge in [-0.3, -0.25) is 4.79 Å². The van der Waals surface area contributed by atoms with E-state index in [0.29, 0.717) is 18.7 Å². The van der Waals surface area contributed by atoms with Crippen LogP contribution >= 0.6 is 0 Å². The number of oxime groups is 1. The van der Waals surface area contributed by atoms with Crippen LogP contribution in [0.1, 0.15) is 44.1 Å². The fraction of sp³-hybridized carbons (Fsp3) is 0.600. The Bertz CT molecular complexity index is 656. The highest BCUT2D eigenvalue weighted by molar-refractivity contribution is 6.39. The van der Waals surface area contributed by atoms with Crippen LogP contribution in [0.15, 0.2) is 35.5 Å². The first kappa shape index (κ1) is 17.5. The van der Waals surface area contributed by atoms with Crippen molar-refractivity contribution in [1.29, 1.82) is 0 Å². The van der Waals surface area contributed by atoms with Crippen molar-refractivity contribution in [3.63, 3.8) is 0 Å². The van der Waals surface area contributed by atoms with Crippen molar-refractivity contribution in [1.82, 2.24) is 10.6 Å². The predicted molar refractivity (Wildman–Crippen MR) is 98.8 cm³/mol. The van der Waals surface area contributed by atoms with Crippen molar-refractivity contribution in [3.8, 4) is 0 Å². The van der Waals surface area contributed by atoms with E-state index >= 15 is 0 Å². The van der Waals surface area contributed by atoms with Crippen LogP contribution in [0.2, 0.25) is 0 Å². The summed E-state index contributed by atoms with van der Waals surface area (Å²) in [6, 6.07) is 10.2. The van der Waals surface area contributed by atoms with Crippen LogP contribution in [0, 0.1) is 0 Å². The van der Waals surface area contributed by atoms with Crippen LogP contribution < -0.4 is 10.6 Å². The molecular formula is C20H27N3O3. The first-order valence-electron chi connectivity index (χ1n) is 9.66. The van der Waals surface area contributed by atoms with E-state index in [0.717, 1.165) is 50.8 Å². The molecule has 0 bridgehead atoms. The molecule has 1 spiro atoms. The van der Waals surface area contributed by atoms with Gasteiger partial charge in [0.05, 0.1) is 18.8 Å². The summed E-state index contributed by atoms with van der Waals surface area (Å²) in [5.41, 5.74) is 1.42. The van der Waals surface area contributed by atoms with Crippen LogP contribution in [-0.4, -0.2) is 42.5 Å². The van der Waals surface area contributed by atoms with Gasteiger partial charge >= 0.3 is 0 Å². The van der Waals surface area contributed by atoms with E-state index in [1.165, 1.54) is 0 Å². The number of nitrogens with one attached hydrogen (secondary N) is 2. The van der Waals surface area contributed by atoms with Crippen LogP contribution in [0.25, 0.3) is 0 Å². The Labute approximate surface area is 154 Å².